The Bertz CT molecular complexity index is 797. The summed E-state index contributed by atoms with van der Waals surface area (Å²) in [5, 5.41) is 7.29. The molecule has 0 bridgehead atoms. The average molecular weight is 368 g/mol. The maximum atomic E-state index is 13.2. The van der Waals surface area contributed by atoms with Crippen LogP contribution in [0.3, 0.4) is 0 Å². The minimum atomic E-state index is -0.0777. The highest BCUT2D eigenvalue weighted by atomic mass is 16.5. The number of hydrogen-bond donors (Lipinski definition) is 2. The van der Waals surface area contributed by atoms with Crippen molar-refractivity contribution in [1.29, 1.82) is 0 Å². The minimum Gasteiger partial charge on any atom is -0.497 e. The monoisotopic (exact) mass is 368 g/mol. The third kappa shape index (κ3) is 3.58. The lowest BCUT2D eigenvalue weighted by Crippen LogP contribution is -2.32. The van der Waals surface area contributed by atoms with Crippen molar-refractivity contribution in [2.24, 2.45) is 5.73 Å². The number of nitrogens with one attached hydrogen (secondary N) is 1. The van der Waals surface area contributed by atoms with E-state index in [1.807, 2.05) is 23.1 Å². The van der Waals surface area contributed by atoms with Gasteiger partial charge in [0.25, 0.3) is 5.91 Å². The molecule has 27 heavy (non-hydrogen) atoms. The summed E-state index contributed by atoms with van der Waals surface area (Å²) in [6.45, 7) is 1.19. The highest BCUT2D eigenvalue weighted by molar-refractivity contribution is 5.95. The van der Waals surface area contributed by atoms with Gasteiger partial charge in [-0.2, -0.15) is 5.10 Å². The van der Waals surface area contributed by atoms with E-state index in [1.54, 1.807) is 13.3 Å². The fourth-order valence-electron chi connectivity index (χ4n) is 4.56. The molecule has 3 N–H and O–H groups in total. The summed E-state index contributed by atoms with van der Waals surface area (Å²) >= 11 is 0. The number of hydrogen-bond acceptors (Lipinski definition) is 4. The Labute approximate surface area is 160 Å². The predicted octanol–water partition coefficient (Wildman–Crippen LogP) is 3.03. The Hall–Kier alpha value is -2.34. The molecule has 2 aliphatic rings. The van der Waals surface area contributed by atoms with Crippen molar-refractivity contribution in [1.82, 2.24) is 15.1 Å². The molecule has 2 heterocycles. The number of aromatic nitrogens is 2. The van der Waals surface area contributed by atoms with Gasteiger partial charge in [0.15, 0.2) is 0 Å². The Kier molecular flexibility index (Phi) is 5.16. The van der Waals surface area contributed by atoms with Gasteiger partial charge in [0.2, 0.25) is 0 Å². The van der Waals surface area contributed by atoms with Gasteiger partial charge in [-0.3, -0.25) is 9.89 Å². The topological polar surface area (TPSA) is 84.2 Å². The molecule has 1 amide bonds. The number of benzene rings is 1. The molecule has 2 fully saturated rings. The van der Waals surface area contributed by atoms with Crippen LogP contribution in [0.4, 0.5) is 0 Å². The number of nitrogens with two attached hydrogens (primary N) is 1. The van der Waals surface area contributed by atoms with Crippen LogP contribution in [0.25, 0.3) is 0 Å². The third-order valence-electron chi connectivity index (χ3n) is 6.09. The van der Waals surface area contributed by atoms with Crippen molar-refractivity contribution in [3.63, 3.8) is 0 Å². The van der Waals surface area contributed by atoms with Crippen molar-refractivity contribution >= 4 is 5.91 Å². The van der Waals surface area contributed by atoms with Crippen LogP contribution in [0.5, 0.6) is 5.75 Å². The fourth-order valence-corrected chi connectivity index (χ4v) is 4.56. The largest absolute Gasteiger partial charge is 0.497 e. The number of likely N-dealkylation sites (tertiary alicyclic amines) is 1. The summed E-state index contributed by atoms with van der Waals surface area (Å²) in [5.74, 6) is 1.41. The summed E-state index contributed by atoms with van der Waals surface area (Å²) in [4.78, 5) is 15.1. The lowest BCUT2D eigenvalue weighted by Gasteiger charge is -2.23. The van der Waals surface area contributed by atoms with Crippen molar-refractivity contribution < 1.29 is 9.53 Å². The molecule has 4 rings (SSSR count). The molecule has 6 nitrogen and oxygen atoms in total. The molecule has 1 aromatic carbocycles. The molecular formula is C21H28N4O2. The van der Waals surface area contributed by atoms with Gasteiger partial charge in [-0.1, -0.05) is 31.4 Å². The number of amides is 1. The second-order valence-electron chi connectivity index (χ2n) is 7.79. The summed E-state index contributed by atoms with van der Waals surface area (Å²) < 4.78 is 5.33. The summed E-state index contributed by atoms with van der Waals surface area (Å²) in [6, 6.07) is 7.90. The minimum absolute atomic E-state index is 0.0465. The van der Waals surface area contributed by atoms with Crippen LogP contribution in [-0.2, 0) is 0 Å². The lowest BCUT2D eigenvalue weighted by molar-refractivity contribution is 0.0787. The molecule has 1 saturated heterocycles. The summed E-state index contributed by atoms with van der Waals surface area (Å²) in [6.07, 6.45) is 7.70. The normalized spacial score (nSPS) is 23.6. The molecule has 2 aromatic rings. The van der Waals surface area contributed by atoms with E-state index >= 15 is 0 Å². The Morgan fingerprint density at radius 2 is 2.07 bits per heavy atom. The van der Waals surface area contributed by atoms with Crippen LogP contribution in [0, 0.1) is 0 Å². The van der Waals surface area contributed by atoms with Crippen LogP contribution in [0.1, 0.15) is 65.6 Å². The van der Waals surface area contributed by atoms with Gasteiger partial charge in [-0.25, -0.2) is 0 Å². The number of nitrogens with zero attached hydrogens (tertiary/aromatic N) is 2. The fraction of sp³-hybridized carbons (Fsp3) is 0.524. The molecule has 1 aromatic heterocycles. The van der Waals surface area contributed by atoms with E-state index in [0.29, 0.717) is 19.0 Å². The van der Waals surface area contributed by atoms with Crippen molar-refractivity contribution in [3.05, 3.63) is 47.3 Å². The average Bonchev–Trinajstić information content (AvgIpc) is 3.35. The first kappa shape index (κ1) is 18.0. The summed E-state index contributed by atoms with van der Waals surface area (Å²) in [7, 11) is 1.66. The van der Waals surface area contributed by atoms with Crippen LogP contribution >= 0.6 is 0 Å². The number of H-pyrrole nitrogens is 1. The van der Waals surface area contributed by atoms with E-state index in [0.717, 1.165) is 35.4 Å². The van der Waals surface area contributed by atoms with Gasteiger partial charge in [0.05, 0.1) is 24.6 Å². The molecule has 0 unspecified atom stereocenters. The van der Waals surface area contributed by atoms with E-state index in [4.69, 9.17) is 10.5 Å². The first-order valence-electron chi connectivity index (χ1n) is 9.89. The van der Waals surface area contributed by atoms with Crippen molar-refractivity contribution in [3.8, 4) is 5.75 Å². The molecule has 0 radical (unpaired) electrons. The second-order valence-corrected chi connectivity index (χ2v) is 7.79. The molecule has 1 saturated carbocycles. The van der Waals surface area contributed by atoms with Crippen molar-refractivity contribution in [2.45, 2.75) is 50.0 Å². The Morgan fingerprint density at radius 3 is 2.85 bits per heavy atom. The maximum absolute atomic E-state index is 13.2. The zero-order chi connectivity index (χ0) is 18.8. The zero-order valence-electron chi connectivity index (χ0n) is 15.9. The van der Waals surface area contributed by atoms with E-state index in [2.05, 4.69) is 16.3 Å². The Morgan fingerprint density at radius 1 is 1.26 bits per heavy atom. The molecule has 1 aliphatic heterocycles. The standard InChI is InChI=1S/C21H28N4O2/c1-27-16-9-5-8-15(10-16)18-12-25(13-19(18)22)21(26)17-11-23-24-20(17)14-6-3-2-4-7-14/h5,8-11,14,18-19H,2-4,6-7,12-13,22H2,1H3,(H,23,24)/t18-,19+/m0/s1. The smallest absolute Gasteiger partial charge is 0.257 e. The van der Waals surface area contributed by atoms with Gasteiger partial charge >= 0.3 is 0 Å². The zero-order valence-corrected chi connectivity index (χ0v) is 15.9. The summed E-state index contributed by atoms with van der Waals surface area (Å²) in [5.41, 5.74) is 9.26. The number of rotatable bonds is 4. The number of methoxy groups -OCH3 is 1. The lowest BCUT2D eigenvalue weighted by atomic mass is 9.85. The first-order valence-corrected chi connectivity index (χ1v) is 9.89. The maximum Gasteiger partial charge on any atom is 0.257 e. The number of carbonyl (C=O) groups excluding carboxylic acids is 1. The van der Waals surface area contributed by atoms with E-state index < -0.39 is 0 Å². The van der Waals surface area contributed by atoms with Crippen LogP contribution in [0.15, 0.2) is 30.5 Å². The Balaban J connectivity index is 1.51. The molecule has 0 spiro atoms. The van der Waals surface area contributed by atoms with Gasteiger partial charge in [-0.15, -0.1) is 0 Å². The number of carbonyl (C=O) groups is 1. The van der Waals surface area contributed by atoms with Crippen LogP contribution < -0.4 is 10.5 Å². The molecule has 144 valence electrons. The van der Waals surface area contributed by atoms with Gasteiger partial charge in [0, 0.05) is 31.0 Å². The number of aromatic amines is 1. The first-order chi connectivity index (χ1) is 13.2. The quantitative estimate of drug-likeness (QED) is 0.869. The van der Waals surface area contributed by atoms with E-state index in [-0.39, 0.29) is 17.9 Å². The third-order valence-corrected chi connectivity index (χ3v) is 6.09. The highest BCUT2D eigenvalue weighted by Gasteiger charge is 2.36. The number of ether oxygens (including phenoxy) is 1. The van der Waals surface area contributed by atoms with Gasteiger partial charge in [0.1, 0.15) is 5.75 Å². The van der Waals surface area contributed by atoms with Crippen LogP contribution in [0.2, 0.25) is 0 Å². The second kappa shape index (κ2) is 7.72. The predicted molar refractivity (Wildman–Crippen MR) is 104 cm³/mol. The molecular weight excluding hydrogens is 340 g/mol. The molecule has 6 heteroatoms. The van der Waals surface area contributed by atoms with Gasteiger partial charge < -0.3 is 15.4 Å². The van der Waals surface area contributed by atoms with E-state index in [9.17, 15) is 4.79 Å². The van der Waals surface area contributed by atoms with E-state index in [1.165, 1.54) is 19.3 Å². The van der Waals surface area contributed by atoms with Gasteiger partial charge in [-0.05, 0) is 30.5 Å². The van der Waals surface area contributed by atoms with Crippen molar-refractivity contribution in [2.75, 3.05) is 20.2 Å². The van der Waals surface area contributed by atoms with Crippen LogP contribution in [-0.4, -0.2) is 47.2 Å². The molecule has 2 atom stereocenters. The highest BCUT2D eigenvalue weighted by Crippen LogP contribution is 2.35. The SMILES string of the molecule is COc1cccc([C@@H]2CN(C(=O)c3cn[nH]c3C3CCCCC3)C[C@H]2N)c1. The molecule has 1 aliphatic carbocycles.